The second kappa shape index (κ2) is 6.86. The topological polar surface area (TPSA) is 125 Å². The molecule has 2 saturated heterocycles. The fraction of sp³-hybridized carbons (Fsp3) is 0.615. The first-order chi connectivity index (χ1) is 10.5. The molecule has 2 aliphatic rings. The number of aliphatic hydroxyl groups is 2. The molecule has 2 rings (SSSR count). The van der Waals surface area contributed by atoms with E-state index >= 15 is 0 Å². The molecule has 0 aromatic rings. The van der Waals surface area contributed by atoms with Crippen molar-refractivity contribution in [1.29, 1.82) is 0 Å². The van der Waals surface area contributed by atoms with Gasteiger partial charge < -0.3 is 19.7 Å². The number of methoxy groups -OCH3 is 1. The monoisotopic (exact) mass is 314 g/mol. The number of carbonyl (C=O) groups excluding carboxylic acids is 3. The Hall–Kier alpha value is -1.97. The highest BCUT2D eigenvalue weighted by Gasteiger charge is 2.41. The van der Waals surface area contributed by atoms with Crippen LogP contribution in [0.15, 0.2) is 11.6 Å². The van der Waals surface area contributed by atoms with Crippen molar-refractivity contribution in [2.45, 2.75) is 31.3 Å². The third kappa shape index (κ3) is 3.43. The minimum absolute atomic E-state index is 0.0444. The third-order valence-corrected chi connectivity index (χ3v) is 3.59. The molecule has 3 amide bonds. The van der Waals surface area contributed by atoms with Gasteiger partial charge in [-0.2, -0.15) is 0 Å². The van der Waals surface area contributed by atoms with Crippen LogP contribution in [0.5, 0.6) is 0 Å². The molecule has 3 N–H and O–H groups in total. The summed E-state index contributed by atoms with van der Waals surface area (Å²) in [7, 11) is 1.24. The summed E-state index contributed by atoms with van der Waals surface area (Å²) >= 11 is 0. The van der Waals surface area contributed by atoms with Crippen molar-refractivity contribution < 1.29 is 34.1 Å². The number of imide groups is 1. The maximum Gasteiger partial charge on any atom is 0.326 e. The van der Waals surface area contributed by atoms with Gasteiger partial charge in [-0.3, -0.25) is 19.8 Å². The fourth-order valence-electron chi connectivity index (χ4n) is 2.33. The lowest BCUT2D eigenvalue weighted by Gasteiger charge is -2.32. The summed E-state index contributed by atoms with van der Waals surface area (Å²) in [5.41, 5.74) is 0.232. The molecule has 0 radical (unpaired) electrons. The Bertz CT molecular complexity index is 505. The van der Waals surface area contributed by atoms with Gasteiger partial charge in [0.25, 0.3) is 5.91 Å². The predicted octanol–water partition coefficient (Wildman–Crippen LogP) is -1.50. The van der Waals surface area contributed by atoms with Crippen LogP contribution in [0.4, 0.5) is 4.79 Å². The number of aliphatic hydroxyl groups excluding tert-OH is 2. The van der Waals surface area contributed by atoms with Gasteiger partial charge in [0.2, 0.25) is 0 Å². The highest BCUT2D eigenvalue weighted by molar-refractivity contribution is 6.07. The molecule has 0 aliphatic carbocycles. The molecule has 0 spiro atoms. The number of nitrogens with zero attached hydrogens (tertiary/aromatic N) is 1. The van der Waals surface area contributed by atoms with Gasteiger partial charge in [0.15, 0.2) is 0 Å². The van der Waals surface area contributed by atoms with E-state index in [-0.39, 0.29) is 31.6 Å². The molecule has 0 unspecified atom stereocenters. The Labute approximate surface area is 126 Å². The van der Waals surface area contributed by atoms with E-state index in [4.69, 9.17) is 9.84 Å². The molecule has 9 nitrogen and oxygen atoms in total. The number of esters is 1. The van der Waals surface area contributed by atoms with Crippen molar-refractivity contribution in [3.05, 3.63) is 11.6 Å². The summed E-state index contributed by atoms with van der Waals surface area (Å²) < 4.78 is 9.88. The molecular formula is C13H18N2O7. The predicted molar refractivity (Wildman–Crippen MR) is 71.3 cm³/mol. The van der Waals surface area contributed by atoms with Gasteiger partial charge in [0.05, 0.1) is 32.8 Å². The maximum atomic E-state index is 11.9. The molecule has 0 bridgehead atoms. The first-order valence-corrected chi connectivity index (χ1v) is 6.78. The van der Waals surface area contributed by atoms with Gasteiger partial charge in [0.1, 0.15) is 12.3 Å². The second-order valence-corrected chi connectivity index (χ2v) is 5.01. The SMILES string of the molecule is COC(=O)CC=C1CN([C@H]2C[C@H](O)[C@@H](CO)O2)C(=O)NC1=O. The first-order valence-electron chi connectivity index (χ1n) is 6.78. The van der Waals surface area contributed by atoms with E-state index in [1.165, 1.54) is 18.1 Å². The van der Waals surface area contributed by atoms with Crippen LogP contribution in [0, 0.1) is 0 Å². The van der Waals surface area contributed by atoms with Gasteiger partial charge in [-0.25, -0.2) is 4.79 Å². The molecule has 0 aromatic carbocycles. The van der Waals surface area contributed by atoms with Crippen molar-refractivity contribution >= 4 is 17.9 Å². The third-order valence-electron chi connectivity index (χ3n) is 3.59. The van der Waals surface area contributed by atoms with Crippen molar-refractivity contribution in [2.75, 3.05) is 20.3 Å². The second-order valence-electron chi connectivity index (χ2n) is 5.01. The zero-order valence-corrected chi connectivity index (χ0v) is 12.0. The van der Waals surface area contributed by atoms with Crippen LogP contribution in [0.3, 0.4) is 0 Å². The molecule has 0 aromatic heterocycles. The van der Waals surface area contributed by atoms with E-state index in [0.717, 1.165) is 0 Å². The molecule has 2 fully saturated rings. The van der Waals surface area contributed by atoms with E-state index < -0.39 is 36.3 Å². The Morgan fingerprint density at radius 2 is 2.27 bits per heavy atom. The molecular weight excluding hydrogens is 296 g/mol. The van der Waals surface area contributed by atoms with Crippen LogP contribution < -0.4 is 5.32 Å². The normalized spacial score (nSPS) is 30.6. The molecule has 0 saturated carbocycles. The number of rotatable bonds is 4. The largest absolute Gasteiger partial charge is 0.469 e. The van der Waals surface area contributed by atoms with Gasteiger partial charge in [-0.15, -0.1) is 0 Å². The van der Waals surface area contributed by atoms with Crippen LogP contribution in [-0.4, -0.2) is 71.7 Å². The number of hydrogen-bond donors (Lipinski definition) is 3. The molecule has 3 atom stereocenters. The molecule has 2 heterocycles. The van der Waals surface area contributed by atoms with Crippen LogP contribution >= 0.6 is 0 Å². The molecule has 2 aliphatic heterocycles. The Morgan fingerprint density at radius 3 is 2.86 bits per heavy atom. The van der Waals surface area contributed by atoms with E-state index in [1.54, 1.807) is 0 Å². The van der Waals surface area contributed by atoms with Crippen molar-refractivity contribution in [1.82, 2.24) is 10.2 Å². The summed E-state index contributed by atoms with van der Waals surface area (Å²) in [4.78, 5) is 36.0. The Kier molecular flexibility index (Phi) is 5.11. The minimum atomic E-state index is -0.886. The number of nitrogens with one attached hydrogen (secondary N) is 1. The average Bonchev–Trinajstić information content (AvgIpc) is 2.86. The number of hydrogen-bond acceptors (Lipinski definition) is 7. The quantitative estimate of drug-likeness (QED) is 0.426. The van der Waals surface area contributed by atoms with E-state index in [1.807, 2.05) is 0 Å². The van der Waals surface area contributed by atoms with Crippen molar-refractivity contribution in [3.8, 4) is 0 Å². The Morgan fingerprint density at radius 1 is 1.55 bits per heavy atom. The zero-order valence-electron chi connectivity index (χ0n) is 12.0. The minimum Gasteiger partial charge on any atom is -0.469 e. The maximum absolute atomic E-state index is 11.9. The summed E-state index contributed by atoms with van der Waals surface area (Å²) in [6.45, 7) is -0.408. The number of carbonyl (C=O) groups is 3. The van der Waals surface area contributed by atoms with Crippen molar-refractivity contribution in [2.24, 2.45) is 0 Å². The highest BCUT2D eigenvalue weighted by Crippen LogP contribution is 2.25. The standard InChI is InChI=1S/C13H18N2O7/c1-21-11(18)3-2-7-5-15(13(20)14-12(7)19)10-4-8(17)9(6-16)22-10/h2,8-10,16-17H,3-6H2,1H3,(H,14,19,20)/t8-,9+,10+/m0/s1. The summed E-state index contributed by atoms with van der Waals surface area (Å²) in [6, 6.07) is -0.643. The van der Waals surface area contributed by atoms with Gasteiger partial charge in [-0.1, -0.05) is 6.08 Å². The zero-order chi connectivity index (χ0) is 16.3. The van der Waals surface area contributed by atoms with Gasteiger partial charge in [0, 0.05) is 12.0 Å². The summed E-state index contributed by atoms with van der Waals surface area (Å²) in [6.07, 6.45) is -0.968. The van der Waals surface area contributed by atoms with Crippen LogP contribution in [0.25, 0.3) is 0 Å². The first kappa shape index (κ1) is 16.4. The average molecular weight is 314 g/mol. The molecule has 122 valence electrons. The van der Waals surface area contributed by atoms with Gasteiger partial charge >= 0.3 is 12.0 Å². The van der Waals surface area contributed by atoms with Crippen LogP contribution in [0.1, 0.15) is 12.8 Å². The van der Waals surface area contributed by atoms with Crippen LogP contribution in [-0.2, 0) is 19.1 Å². The summed E-state index contributed by atoms with van der Waals surface area (Å²) in [5, 5.41) is 20.9. The van der Waals surface area contributed by atoms with Gasteiger partial charge in [-0.05, 0) is 0 Å². The number of ether oxygens (including phenoxy) is 2. The summed E-state index contributed by atoms with van der Waals surface area (Å²) in [5.74, 6) is -1.08. The lowest BCUT2D eigenvalue weighted by molar-refractivity contribution is -0.139. The lowest BCUT2D eigenvalue weighted by Crippen LogP contribution is -2.54. The molecule has 22 heavy (non-hydrogen) atoms. The highest BCUT2D eigenvalue weighted by atomic mass is 16.5. The van der Waals surface area contributed by atoms with E-state index in [2.05, 4.69) is 10.1 Å². The van der Waals surface area contributed by atoms with Crippen LogP contribution in [0.2, 0.25) is 0 Å². The number of urea groups is 1. The fourth-order valence-corrected chi connectivity index (χ4v) is 2.33. The van der Waals surface area contributed by atoms with E-state index in [9.17, 15) is 19.5 Å². The van der Waals surface area contributed by atoms with E-state index in [0.29, 0.717) is 0 Å². The number of amides is 3. The Balaban J connectivity index is 2.07. The smallest absolute Gasteiger partial charge is 0.326 e. The van der Waals surface area contributed by atoms with Crippen molar-refractivity contribution in [3.63, 3.8) is 0 Å². The molecule has 9 heteroatoms. The lowest BCUT2D eigenvalue weighted by atomic mass is 10.1.